The number of aromatic nitrogens is 3. The van der Waals surface area contributed by atoms with Crippen LogP contribution >= 0.6 is 23.1 Å². The van der Waals surface area contributed by atoms with Gasteiger partial charge in [-0.1, -0.05) is 48.2 Å². The first kappa shape index (κ1) is 17.3. The Morgan fingerprint density at radius 1 is 1.19 bits per heavy atom. The Hall–Kier alpha value is -2.12. The van der Waals surface area contributed by atoms with E-state index < -0.39 is 0 Å². The lowest BCUT2D eigenvalue weighted by Crippen LogP contribution is -2.27. The molecule has 0 bridgehead atoms. The van der Waals surface area contributed by atoms with E-state index in [1.807, 2.05) is 29.6 Å². The zero-order valence-corrected chi connectivity index (χ0v) is 15.9. The Morgan fingerprint density at radius 2 is 2.04 bits per heavy atom. The minimum absolute atomic E-state index is 0.0361. The van der Waals surface area contributed by atoms with Crippen LogP contribution in [0.25, 0.3) is 10.7 Å². The molecule has 7 heteroatoms. The van der Waals surface area contributed by atoms with E-state index in [1.165, 1.54) is 17.3 Å². The number of hydrogen-bond donors (Lipinski definition) is 1. The topological polar surface area (TPSA) is 59.8 Å². The highest BCUT2D eigenvalue weighted by molar-refractivity contribution is 7.99. The van der Waals surface area contributed by atoms with Crippen LogP contribution in [0.5, 0.6) is 0 Å². The molecule has 134 valence electrons. The normalized spacial score (nSPS) is 13.7. The molecule has 1 amide bonds. The molecule has 2 heterocycles. The van der Waals surface area contributed by atoms with Crippen LogP contribution in [0.4, 0.5) is 0 Å². The van der Waals surface area contributed by atoms with Gasteiger partial charge in [0.1, 0.15) is 0 Å². The lowest BCUT2D eigenvalue weighted by molar-refractivity contribution is -0.118. The SMILES string of the molecule is O=C(CSc1nnc(-c2cccs2)n1C1CC1)NCCc1ccccc1. The zero-order chi connectivity index (χ0) is 17.8. The van der Waals surface area contributed by atoms with E-state index in [1.54, 1.807) is 11.3 Å². The highest BCUT2D eigenvalue weighted by Crippen LogP contribution is 2.41. The molecule has 1 aliphatic carbocycles. The van der Waals surface area contributed by atoms with E-state index >= 15 is 0 Å². The van der Waals surface area contributed by atoms with Crippen LogP contribution in [-0.2, 0) is 11.2 Å². The minimum Gasteiger partial charge on any atom is -0.355 e. The van der Waals surface area contributed by atoms with Gasteiger partial charge >= 0.3 is 0 Å². The molecular formula is C19H20N4OS2. The van der Waals surface area contributed by atoms with E-state index in [2.05, 4.69) is 38.3 Å². The van der Waals surface area contributed by atoms with Crippen molar-refractivity contribution in [2.45, 2.75) is 30.5 Å². The van der Waals surface area contributed by atoms with E-state index in [-0.39, 0.29) is 5.91 Å². The number of thiophene rings is 1. The summed E-state index contributed by atoms with van der Waals surface area (Å²) in [6.07, 6.45) is 3.17. The van der Waals surface area contributed by atoms with E-state index in [0.717, 1.165) is 35.1 Å². The number of thioether (sulfide) groups is 1. The molecule has 0 unspecified atom stereocenters. The van der Waals surface area contributed by atoms with Gasteiger partial charge in [-0.15, -0.1) is 21.5 Å². The molecule has 1 fully saturated rings. The molecule has 5 nitrogen and oxygen atoms in total. The average Bonchev–Trinajstić information content (AvgIpc) is 3.19. The molecule has 1 aromatic carbocycles. The van der Waals surface area contributed by atoms with Gasteiger partial charge < -0.3 is 5.32 Å². The third-order valence-electron chi connectivity index (χ3n) is 4.23. The fourth-order valence-electron chi connectivity index (χ4n) is 2.78. The maximum Gasteiger partial charge on any atom is 0.230 e. The van der Waals surface area contributed by atoms with Crippen molar-refractivity contribution < 1.29 is 4.79 Å². The van der Waals surface area contributed by atoms with Crippen molar-refractivity contribution in [1.29, 1.82) is 0 Å². The van der Waals surface area contributed by atoms with Gasteiger partial charge in [-0.05, 0) is 36.3 Å². The monoisotopic (exact) mass is 384 g/mol. The molecule has 1 saturated carbocycles. The Morgan fingerprint density at radius 3 is 2.77 bits per heavy atom. The number of benzene rings is 1. The van der Waals surface area contributed by atoms with Gasteiger partial charge in [0.25, 0.3) is 0 Å². The third-order valence-corrected chi connectivity index (χ3v) is 6.04. The van der Waals surface area contributed by atoms with Crippen molar-refractivity contribution >= 4 is 29.0 Å². The lowest BCUT2D eigenvalue weighted by atomic mass is 10.1. The summed E-state index contributed by atoms with van der Waals surface area (Å²) in [5.41, 5.74) is 1.23. The summed E-state index contributed by atoms with van der Waals surface area (Å²) in [7, 11) is 0. The summed E-state index contributed by atoms with van der Waals surface area (Å²) in [4.78, 5) is 13.3. The summed E-state index contributed by atoms with van der Waals surface area (Å²) < 4.78 is 2.20. The fraction of sp³-hybridized carbons (Fsp3) is 0.316. The molecule has 1 N–H and O–H groups in total. The number of rotatable bonds is 8. The highest BCUT2D eigenvalue weighted by Gasteiger charge is 2.30. The molecular weight excluding hydrogens is 364 g/mol. The maximum absolute atomic E-state index is 12.2. The summed E-state index contributed by atoms with van der Waals surface area (Å²) >= 11 is 3.14. The molecule has 26 heavy (non-hydrogen) atoms. The summed E-state index contributed by atoms with van der Waals surface area (Å²) in [5.74, 6) is 1.33. The van der Waals surface area contributed by atoms with Crippen LogP contribution in [0.1, 0.15) is 24.4 Å². The number of carbonyl (C=O) groups excluding carboxylic acids is 1. The number of nitrogens with one attached hydrogen (secondary N) is 1. The first-order valence-corrected chi connectivity index (χ1v) is 10.6. The molecule has 1 aliphatic rings. The maximum atomic E-state index is 12.2. The smallest absolute Gasteiger partial charge is 0.230 e. The lowest BCUT2D eigenvalue weighted by Gasteiger charge is -2.08. The van der Waals surface area contributed by atoms with Gasteiger partial charge in [0.05, 0.1) is 10.6 Å². The standard InChI is InChI=1S/C19H20N4OS2/c24-17(20-11-10-14-5-2-1-3-6-14)13-26-19-22-21-18(16-7-4-12-25-16)23(19)15-8-9-15/h1-7,12,15H,8-11,13H2,(H,20,24). The van der Waals surface area contributed by atoms with E-state index in [0.29, 0.717) is 18.3 Å². The van der Waals surface area contributed by atoms with Gasteiger partial charge in [-0.25, -0.2) is 0 Å². The van der Waals surface area contributed by atoms with Crippen LogP contribution in [0.3, 0.4) is 0 Å². The quantitative estimate of drug-likeness (QED) is 0.600. The van der Waals surface area contributed by atoms with Crippen molar-refractivity contribution in [2.24, 2.45) is 0 Å². The van der Waals surface area contributed by atoms with Crippen molar-refractivity contribution in [3.8, 4) is 10.7 Å². The van der Waals surface area contributed by atoms with Gasteiger partial charge in [0, 0.05) is 12.6 Å². The molecule has 0 aliphatic heterocycles. The Labute approximate surface area is 160 Å². The van der Waals surface area contributed by atoms with Gasteiger partial charge in [-0.2, -0.15) is 0 Å². The molecule has 2 aromatic heterocycles. The summed E-state index contributed by atoms with van der Waals surface area (Å²) in [5, 5.41) is 14.6. The second kappa shape index (κ2) is 8.05. The second-order valence-electron chi connectivity index (χ2n) is 6.26. The van der Waals surface area contributed by atoms with Crippen molar-refractivity contribution in [3.63, 3.8) is 0 Å². The Balaban J connectivity index is 1.32. The predicted octanol–water partition coefficient (Wildman–Crippen LogP) is 3.79. The number of nitrogens with zero attached hydrogens (tertiary/aromatic N) is 3. The highest BCUT2D eigenvalue weighted by atomic mass is 32.2. The minimum atomic E-state index is 0.0361. The largest absolute Gasteiger partial charge is 0.355 e. The fourth-order valence-corrected chi connectivity index (χ4v) is 4.32. The molecule has 0 radical (unpaired) electrons. The molecule has 0 spiro atoms. The Bertz CT molecular complexity index is 857. The third kappa shape index (κ3) is 4.16. The number of hydrogen-bond acceptors (Lipinski definition) is 5. The van der Waals surface area contributed by atoms with Gasteiger partial charge in [-0.3, -0.25) is 9.36 Å². The molecule has 4 rings (SSSR count). The first-order chi connectivity index (χ1) is 12.8. The predicted molar refractivity (Wildman–Crippen MR) is 105 cm³/mol. The summed E-state index contributed by atoms with van der Waals surface area (Å²) in [6.45, 7) is 0.652. The van der Waals surface area contributed by atoms with E-state index in [4.69, 9.17) is 0 Å². The first-order valence-electron chi connectivity index (χ1n) is 8.73. The molecule has 3 aromatic rings. The number of carbonyl (C=O) groups is 1. The van der Waals surface area contributed by atoms with E-state index in [9.17, 15) is 4.79 Å². The molecule has 0 atom stereocenters. The van der Waals surface area contributed by atoms with Gasteiger partial charge in [0.15, 0.2) is 11.0 Å². The van der Waals surface area contributed by atoms with Crippen LogP contribution in [-0.4, -0.2) is 33.0 Å². The van der Waals surface area contributed by atoms with Crippen LogP contribution in [0.15, 0.2) is 53.0 Å². The van der Waals surface area contributed by atoms with Crippen molar-refractivity contribution in [1.82, 2.24) is 20.1 Å². The van der Waals surface area contributed by atoms with Crippen molar-refractivity contribution in [3.05, 3.63) is 53.4 Å². The Kier molecular flexibility index (Phi) is 5.36. The summed E-state index contributed by atoms with van der Waals surface area (Å²) in [6, 6.07) is 14.8. The van der Waals surface area contributed by atoms with Crippen LogP contribution in [0.2, 0.25) is 0 Å². The zero-order valence-electron chi connectivity index (χ0n) is 14.3. The van der Waals surface area contributed by atoms with Crippen LogP contribution < -0.4 is 5.32 Å². The number of amides is 1. The van der Waals surface area contributed by atoms with Gasteiger partial charge in [0.2, 0.25) is 5.91 Å². The van der Waals surface area contributed by atoms with Crippen molar-refractivity contribution in [2.75, 3.05) is 12.3 Å². The average molecular weight is 385 g/mol. The molecule has 0 saturated heterocycles. The second-order valence-corrected chi connectivity index (χ2v) is 8.15. The van der Waals surface area contributed by atoms with Crippen LogP contribution in [0, 0.1) is 0 Å².